The summed E-state index contributed by atoms with van der Waals surface area (Å²) in [6, 6.07) is 2.04. The monoisotopic (exact) mass is 292 g/mol. The van der Waals surface area contributed by atoms with Gasteiger partial charge in [-0.15, -0.1) is 0 Å². The van der Waals surface area contributed by atoms with E-state index < -0.39 is 11.8 Å². The van der Waals surface area contributed by atoms with Gasteiger partial charge in [0.15, 0.2) is 0 Å². The van der Waals surface area contributed by atoms with Crippen molar-refractivity contribution in [1.29, 1.82) is 5.26 Å². The molecule has 0 aromatic rings. The number of nitriles is 1. The predicted octanol–water partition coefficient (Wildman–Crippen LogP) is 3.71. The molecule has 4 nitrogen and oxygen atoms in total. The molecule has 2 atom stereocenters. The molecule has 1 heterocycles. The van der Waals surface area contributed by atoms with Crippen LogP contribution in [0.4, 0.5) is 0 Å². The zero-order chi connectivity index (χ0) is 15.5. The van der Waals surface area contributed by atoms with Gasteiger partial charge in [-0.3, -0.25) is 14.9 Å². The Balaban J connectivity index is 2.10. The van der Waals surface area contributed by atoms with Crippen molar-refractivity contribution in [2.75, 3.05) is 0 Å². The normalized spacial score (nSPS) is 21.9. The Morgan fingerprint density at radius 3 is 2.19 bits per heavy atom. The number of hydrogen-bond donors (Lipinski definition) is 1. The van der Waals surface area contributed by atoms with Crippen LogP contribution in [0.5, 0.6) is 0 Å². The molecule has 1 rings (SSSR count). The summed E-state index contributed by atoms with van der Waals surface area (Å²) in [5.74, 6) is -1.36. The van der Waals surface area contributed by atoms with Crippen LogP contribution in [0.3, 0.4) is 0 Å². The Bertz CT molecular complexity index is 373. The van der Waals surface area contributed by atoms with Crippen molar-refractivity contribution in [1.82, 2.24) is 5.32 Å². The molecule has 21 heavy (non-hydrogen) atoms. The summed E-state index contributed by atoms with van der Waals surface area (Å²) in [7, 11) is 0. The van der Waals surface area contributed by atoms with Gasteiger partial charge in [-0.2, -0.15) is 5.26 Å². The third-order valence-corrected chi connectivity index (χ3v) is 4.28. The molecule has 1 N–H and O–H groups in total. The average Bonchev–Trinajstić information content (AvgIpc) is 2.45. The van der Waals surface area contributed by atoms with Crippen molar-refractivity contribution in [3.63, 3.8) is 0 Å². The first-order valence-electron chi connectivity index (χ1n) is 8.42. The lowest BCUT2D eigenvalue weighted by atomic mass is 9.82. The molecule has 2 amide bonds. The standard InChI is InChI=1S/C17H28N2O2/c1-2-3-4-5-6-7-8-9-10-11-14-12-16(20)19-17(21)15(14)13-18/h14-15H,2-12H2,1H3,(H,19,20,21)/t14-,15+/m0/s1. The maximum atomic E-state index is 11.6. The van der Waals surface area contributed by atoms with E-state index in [4.69, 9.17) is 5.26 Å². The molecule has 1 aliphatic rings. The minimum Gasteiger partial charge on any atom is -0.295 e. The number of piperidine rings is 1. The van der Waals surface area contributed by atoms with Gasteiger partial charge in [-0.1, -0.05) is 64.7 Å². The van der Waals surface area contributed by atoms with Gasteiger partial charge >= 0.3 is 0 Å². The maximum Gasteiger partial charge on any atom is 0.244 e. The molecule has 1 fully saturated rings. The van der Waals surface area contributed by atoms with Crippen LogP contribution in [0.1, 0.15) is 77.6 Å². The molecular formula is C17H28N2O2. The number of nitrogens with zero attached hydrogens (tertiary/aromatic N) is 1. The number of imide groups is 1. The molecule has 1 saturated heterocycles. The van der Waals surface area contributed by atoms with Crippen LogP contribution in [0.15, 0.2) is 0 Å². The zero-order valence-corrected chi connectivity index (χ0v) is 13.2. The van der Waals surface area contributed by atoms with Crippen LogP contribution in [-0.4, -0.2) is 11.8 Å². The van der Waals surface area contributed by atoms with Crippen molar-refractivity contribution >= 4 is 11.8 Å². The first-order valence-corrected chi connectivity index (χ1v) is 8.42. The quantitative estimate of drug-likeness (QED) is 0.493. The molecule has 0 saturated carbocycles. The molecule has 0 aliphatic carbocycles. The third-order valence-electron chi connectivity index (χ3n) is 4.28. The SMILES string of the molecule is CCCCCCCCCCC[C@H]1CC(=O)NC(=O)[C@@H]1C#N. The smallest absolute Gasteiger partial charge is 0.244 e. The number of hydrogen-bond acceptors (Lipinski definition) is 3. The lowest BCUT2D eigenvalue weighted by Gasteiger charge is -2.25. The Hall–Kier alpha value is -1.37. The lowest BCUT2D eigenvalue weighted by molar-refractivity contribution is -0.137. The zero-order valence-electron chi connectivity index (χ0n) is 13.2. The molecule has 4 heteroatoms. The van der Waals surface area contributed by atoms with Gasteiger partial charge in [0, 0.05) is 6.42 Å². The van der Waals surface area contributed by atoms with Crippen LogP contribution >= 0.6 is 0 Å². The van der Waals surface area contributed by atoms with Crippen molar-refractivity contribution in [2.45, 2.75) is 77.6 Å². The first-order chi connectivity index (χ1) is 10.2. The molecule has 0 radical (unpaired) electrons. The molecule has 1 aliphatic heterocycles. The number of nitrogens with one attached hydrogen (secondary N) is 1. The van der Waals surface area contributed by atoms with E-state index in [2.05, 4.69) is 12.2 Å². The van der Waals surface area contributed by atoms with E-state index in [0.717, 1.165) is 19.3 Å². The third kappa shape index (κ3) is 6.75. The number of amides is 2. The highest BCUT2D eigenvalue weighted by molar-refractivity contribution is 6.00. The molecule has 0 aromatic heterocycles. The first kappa shape index (κ1) is 17.7. The summed E-state index contributed by atoms with van der Waals surface area (Å²) < 4.78 is 0. The van der Waals surface area contributed by atoms with Gasteiger partial charge in [0.05, 0.1) is 6.07 Å². The van der Waals surface area contributed by atoms with E-state index in [9.17, 15) is 9.59 Å². The average molecular weight is 292 g/mol. The van der Waals surface area contributed by atoms with Gasteiger partial charge in [-0.05, 0) is 12.3 Å². The Kier molecular flexibility index (Phi) is 8.73. The fraction of sp³-hybridized carbons (Fsp3) is 0.824. The van der Waals surface area contributed by atoms with Gasteiger partial charge in [-0.25, -0.2) is 0 Å². The fourth-order valence-electron chi connectivity index (χ4n) is 2.99. The van der Waals surface area contributed by atoms with Crippen molar-refractivity contribution in [2.24, 2.45) is 11.8 Å². The van der Waals surface area contributed by atoms with E-state index >= 15 is 0 Å². The van der Waals surface area contributed by atoms with Crippen molar-refractivity contribution in [3.05, 3.63) is 0 Å². The summed E-state index contributed by atoms with van der Waals surface area (Å²) >= 11 is 0. The largest absolute Gasteiger partial charge is 0.295 e. The van der Waals surface area contributed by atoms with E-state index in [1.165, 1.54) is 44.9 Å². The van der Waals surface area contributed by atoms with E-state index in [0.29, 0.717) is 6.42 Å². The van der Waals surface area contributed by atoms with Crippen LogP contribution < -0.4 is 5.32 Å². The van der Waals surface area contributed by atoms with Gasteiger partial charge in [0.2, 0.25) is 11.8 Å². The molecule has 0 spiro atoms. The summed E-state index contributed by atoms with van der Waals surface area (Å²) in [5, 5.41) is 11.3. The molecule has 0 aromatic carbocycles. The molecule has 118 valence electrons. The van der Waals surface area contributed by atoms with E-state index in [1.807, 2.05) is 6.07 Å². The van der Waals surface area contributed by atoms with Gasteiger partial charge < -0.3 is 0 Å². The van der Waals surface area contributed by atoms with Crippen LogP contribution in [0.2, 0.25) is 0 Å². The highest BCUT2D eigenvalue weighted by Gasteiger charge is 2.35. The highest BCUT2D eigenvalue weighted by atomic mass is 16.2. The summed E-state index contributed by atoms with van der Waals surface area (Å²) in [6.07, 6.45) is 12.4. The topological polar surface area (TPSA) is 70.0 Å². The Morgan fingerprint density at radius 2 is 1.62 bits per heavy atom. The second-order valence-electron chi connectivity index (χ2n) is 6.10. The van der Waals surface area contributed by atoms with Crippen LogP contribution in [0.25, 0.3) is 0 Å². The number of carbonyl (C=O) groups is 2. The highest BCUT2D eigenvalue weighted by Crippen LogP contribution is 2.26. The number of unbranched alkanes of at least 4 members (excludes halogenated alkanes) is 8. The van der Waals surface area contributed by atoms with E-state index in [1.54, 1.807) is 0 Å². The molecular weight excluding hydrogens is 264 g/mol. The Labute approximate surface area is 128 Å². The fourth-order valence-corrected chi connectivity index (χ4v) is 2.99. The van der Waals surface area contributed by atoms with Gasteiger partial charge in [0.1, 0.15) is 5.92 Å². The molecule has 0 bridgehead atoms. The van der Waals surface area contributed by atoms with Crippen molar-refractivity contribution < 1.29 is 9.59 Å². The Morgan fingerprint density at radius 1 is 1.05 bits per heavy atom. The van der Waals surface area contributed by atoms with Gasteiger partial charge in [0.25, 0.3) is 0 Å². The number of rotatable bonds is 10. The van der Waals surface area contributed by atoms with Crippen molar-refractivity contribution in [3.8, 4) is 6.07 Å². The summed E-state index contributed by atoms with van der Waals surface area (Å²) in [4.78, 5) is 22.9. The lowest BCUT2D eigenvalue weighted by Crippen LogP contribution is -2.45. The minimum atomic E-state index is -0.642. The number of carbonyl (C=O) groups excluding carboxylic acids is 2. The second kappa shape index (κ2) is 10.4. The van der Waals surface area contributed by atoms with Crippen LogP contribution in [0, 0.1) is 23.2 Å². The summed E-state index contributed by atoms with van der Waals surface area (Å²) in [5.41, 5.74) is 0. The summed E-state index contributed by atoms with van der Waals surface area (Å²) in [6.45, 7) is 2.23. The minimum absolute atomic E-state index is 0.0826. The van der Waals surface area contributed by atoms with Crippen LogP contribution in [-0.2, 0) is 9.59 Å². The maximum absolute atomic E-state index is 11.6. The van der Waals surface area contributed by atoms with E-state index in [-0.39, 0.29) is 11.8 Å². The second-order valence-corrected chi connectivity index (χ2v) is 6.10. The predicted molar refractivity (Wildman–Crippen MR) is 82.2 cm³/mol. The molecule has 0 unspecified atom stereocenters.